The fourth-order valence-electron chi connectivity index (χ4n) is 1.75. The molecule has 0 radical (unpaired) electrons. The Morgan fingerprint density at radius 1 is 1.36 bits per heavy atom. The molecule has 2 unspecified atom stereocenters. The number of rotatable bonds is 3. The van der Waals surface area contributed by atoms with E-state index in [2.05, 4.69) is 19.2 Å². The highest BCUT2D eigenvalue weighted by Gasteiger charge is 2.15. The molecule has 11 heavy (non-hydrogen) atoms. The summed E-state index contributed by atoms with van der Waals surface area (Å²) in [5.41, 5.74) is 0. The lowest BCUT2D eigenvalue weighted by Gasteiger charge is -2.27. The molecule has 0 bridgehead atoms. The third-order valence-corrected chi connectivity index (χ3v) is 2.67. The first-order valence-electron chi connectivity index (χ1n) is 5.06. The Morgan fingerprint density at radius 3 is 2.73 bits per heavy atom. The molecule has 2 atom stereocenters. The predicted octanol–water partition coefficient (Wildman–Crippen LogP) is 2.56. The van der Waals surface area contributed by atoms with Crippen LogP contribution >= 0.6 is 0 Å². The fraction of sp³-hybridized carbons (Fsp3) is 1.00. The van der Waals surface area contributed by atoms with Gasteiger partial charge in [0, 0.05) is 6.04 Å². The maximum atomic E-state index is 3.60. The molecule has 1 fully saturated rings. The van der Waals surface area contributed by atoms with Gasteiger partial charge in [0.2, 0.25) is 0 Å². The lowest BCUT2D eigenvalue weighted by Crippen LogP contribution is -2.37. The van der Waals surface area contributed by atoms with Crippen LogP contribution in [-0.4, -0.2) is 12.6 Å². The molecular weight excluding hydrogens is 134 g/mol. The Hall–Kier alpha value is -0.0400. The lowest BCUT2D eigenvalue weighted by atomic mass is 9.94. The van der Waals surface area contributed by atoms with Gasteiger partial charge in [-0.3, -0.25) is 0 Å². The van der Waals surface area contributed by atoms with Crippen molar-refractivity contribution >= 4 is 0 Å². The number of hydrogen-bond acceptors (Lipinski definition) is 1. The van der Waals surface area contributed by atoms with E-state index in [9.17, 15) is 0 Å². The SMILES string of the molecule is CCCCC1CCC(C)CN1. The lowest BCUT2D eigenvalue weighted by molar-refractivity contribution is 0.311. The van der Waals surface area contributed by atoms with E-state index in [4.69, 9.17) is 0 Å². The zero-order valence-electron chi connectivity index (χ0n) is 7.90. The highest BCUT2D eigenvalue weighted by molar-refractivity contribution is 4.75. The summed E-state index contributed by atoms with van der Waals surface area (Å²) in [6, 6.07) is 0.839. The quantitative estimate of drug-likeness (QED) is 0.660. The van der Waals surface area contributed by atoms with Crippen molar-refractivity contribution < 1.29 is 0 Å². The number of nitrogens with one attached hydrogen (secondary N) is 1. The van der Waals surface area contributed by atoms with Gasteiger partial charge in [0.05, 0.1) is 0 Å². The first kappa shape index (κ1) is 9.05. The molecule has 1 saturated heterocycles. The van der Waals surface area contributed by atoms with Gasteiger partial charge in [-0.25, -0.2) is 0 Å². The Bertz CT molecular complexity index is 90.3. The highest BCUT2D eigenvalue weighted by Crippen LogP contribution is 2.16. The summed E-state index contributed by atoms with van der Waals surface area (Å²) in [6.45, 7) is 5.85. The number of hydrogen-bond donors (Lipinski definition) is 1. The summed E-state index contributed by atoms with van der Waals surface area (Å²) < 4.78 is 0. The molecule has 1 rings (SSSR count). The molecule has 1 aliphatic rings. The molecule has 0 aromatic heterocycles. The van der Waals surface area contributed by atoms with Gasteiger partial charge >= 0.3 is 0 Å². The van der Waals surface area contributed by atoms with Crippen molar-refractivity contribution in [2.24, 2.45) is 5.92 Å². The van der Waals surface area contributed by atoms with Gasteiger partial charge in [-0.15, -0.1) is 0 Å². The summed E-state index contributed by atoms with van der Waals surface area (Å²) in [7, 11) is 0. The van der Waals surface area contributed by atoms with Gasteiger partial charge in [-0.2, -0.15) is 0 Å². The second-order valence-corrected chi connectivity index (χ2v) is 3.93. The van der Waals surface area contributed by atoms with E-state index in [1.165, 1.54) is 38.6 Å². The Morgan fingerprint density at radius 2 is 2.18 bits per heavy atom. The zero-order valence-corrected chi connectivity index (χ0v) is 7.90. The molecule has 66 valence electrons. The number of unbranched alkanes of at least 4 members (excludes halogenated alkanes) is 1. The Balaban J connectivity index is 2.07. The topological polar surface area (TPSA) is 12.0 Å². The molecule has 1 heterocycles. The van der Waals surface area contributed by atoms with Crippen LogP contribution in [0.5, 0.6) is 0 Å². The van der Waals surface area contributed by atoms with Crippen molar-refractivity contribution in [1.29, 1.82) is 0 Å². The van der Waals surface area contributed by atoms with Crippen LogP contribution in [-0.2, 0) is 0 Å². The summed E-state index contributed by atoms with van der Waals surface area (Å²) in [5.74, 6) is 0.910. The summed E-state index contributed by atoms with van der Waals surface area (Å²) in [5, 5.41) is 3.60. The Kier molecular flexibility index (Phi) is 3.92. The average molecular weight is 155 g/mol. The van der Waals surface area contributed by atoms with Crippen LogP contribution in [0.3, 0.4) is 0 Å². The van der Waals surface area contributed by atoms with E-state index in [1.54, 1.807) is 0 Å². The summed E-state index contributed by atoms with van der Waals surface area (Å²) >= 11 is 0. The average Bonchev–Trinajstić information content (AvgIpc) is 2.04. The van der Waals surface area contributed by atoms with Gasteiger partial charge in [0.25, 0.3) is 0 Å². The normalized spacial score (nSPS) is 32.2. The minimum absolute atomic E-state index is 0.839. The molecule has 0 aliphatic carbocycles. The minimum atomic E-state index is 0.839. The van der Waals surface area contributed by atoms with E-state index in [0.717, 1.165) is 12.0 Å². The van der Waals surface area contributed by atoms with Crippen molar-refractivity contribution in [2.75, 3.05) is 6.54 Å². The highest BCUT2D eigenvalue weighted by atomic mass is 14.9. The van der Waals surface area contributed by atoms with Gasteiger partial charge in [0.15, 0.2) is 0 Å². The molecule has 0 amide bonds. The van der Waals surface area contributed by atoms with Gasteiger partial charge in [0.1, 0.15) is 0 Å². The molecule has 0 aromatic rings. The standard InChI is InChI=1S/C10H21N/c1-3-4-5-10-7-6-9(2)8-11-10/h9-11H,3-8H2,1-2H3. The van der Waals surface area contributed by atoms with Crippen molar-refractivity contribution in [3.05, 3.63) is 0 Å². The molecule has 0 saturated carbocycles. The monoisotopic (exact) mass is 155 g/mol. The molecule has 0 spiro atoms. The largest absolute Gasteiger partial charge is 0.314 e. The fourth-order valence-corrected chi connectivity index (χ4v) is 1.75. The van der Waals surface area contributed by atoms with Crippen LogP contribution < -0.4 is 5.32 Å². The second-order valence-electron chi connectivity index (χ2n) is 3.93. The zero-order chi connectivity index (χ0) is 8.10. The molecule has 1 N–H and O–H groups in total. The molecule has 1 aliphatic heterocycles. The molecular formula is C10H21N. The van der Waals surface area contributed by atoms with Crippen LogP contribution in [0.1, 0.15) is 46.0 Å². The smallest absolute Gasteiger partial charge is 0.00672 e. The summed E-state index contributed by atoms with van der Waals surface area (Å²) in [6.07, 6.45) is 6.96. The second kappa shape index (κ2) is 4.76. The van der Waals surface area contributed by atoms with E-state index >= 15 is 0 Å². The van der Waals surface area contributed by atoms with Gasteiger partial charge in [-0.1, -0.05) is 26.7 Å². The van der Waals surface area contributed by atoms with Gasteiger partial charge in [-0.05, 0) is 31.7 Å². The number of piperidine rings is 1. The van der Waals surface area contributed by atoms with Crippen molar-refractivity contribution in [2.45, 2.75) is 52.0 Å². The van der Waals surface area contributed by atoms with Crippen molar-refractivity contribution in [3.8, 4) is 0 Å². The van der Waals surface area contributed by atoms with E-state index in [1.807, 2.05) is 0 Å². The van der Waals surface area contributed by atoms with Crippen molar-refractivity contribution in [1.82, 2.24) is 5.32 Å². The first-order valence-corrected chi connectivity index (χ1v) is 5.06. The van der Waals surface area contributed by atoms with E-state index in [0.29, 0.717) is 0 Å². The van der Waals surface area contributed by atoms with E-state index < -0.39 is 0 Å². The predicted molar refractivity (Wildman–Crippen MR) is 49.7 cm³/mol. The van der Waals surface area contributed by atoms with Crippen molar-refractivity contribution in [3.63, 3.8) is 0 Å². The summed E-state index contributed by atoms with van der Waals surface area (Å²) in [4.78, 5) is 0. The molecule has 1 nitrogen and oxygen atoms in total. The van der Waals surface area contributed by atoms with Crippen LogP contribution in [0.4, 0.5) is 0 Å². The minimum Gasteiger partial charge on any atom is -0.314 e. The molecule has 0 aromatic carbocycles. The van der Waals surface area contributed by atoms with E-state index in [-0.39, 0.29) is 0 Å². The Labute approximate surface area is 70.6 Å². The van der Waals surface area contributed by atoms with Crippen LogP contribution in [0, 0.1) is 5.92 Å². The van der Waals surface area contributed by atoms with Crippen LogP contribution in [0.15, 0.2) is 0 Å². The maximum absolute atomic E-state index is 3.60. The first-order chi connectivity index (χ1) is 5.33. The van der Waals surface area contributed by atoms with Crippen LogP contribution in [0.2, 0.25) is 0 Å². The third kappa shape index (κ3) is 3.24. The third-order valence-electron chi connectivity index (χ3n) is 2.67. The van der Waals surface area contributed by atoms with Gasteiger partial charge < -0.3 is 5.32 Å². The molecule has 1 heteroatoms. The maximum Gasteiger partial charge on any atom is 0.00672 e. The van der Waals surface area contributed by atoms with Crippen LogP contribution in [0.25, 0.3) is 0 Å².